The molecule has 1 fully saturated rings. The molecule has 3 rings (SSSR count). The molecule has 118 valence electrons. The molecule has 5 nitrogen and oxygen atoms in total. The maximum Gasteiger partial charge on any atom is 0.127 e. The van der Waals surface area contributed by atoms with E-state index in [-0.39, 0.29) is 11.9 Å². The Kier molecular flexibility index (Phi) is 4.70. The van der Waals surface area contributed by atoms with Crippen LogP contribution in [0, 0.1) is 5.82 Å². The lowest BCUT2D eigenvalue weighted by Crippen LogP contribution is -2.48. The molecule has 1 aromatic carbocycles. The number of benzene rings is 1. The van der Waals surface area contributed by atoms with Crippen LogP contribution in [0.15, 0.2) is 36.7 Å². The molecule has 1 N–H and O–H groups in total. The van der Waals surface area contributed by atoms with Crippen LogP contribution in [0.5, 0.6) is 5.75 Å². The van der Waals surface area contributed by atoms with Crippen molar-refractivity contribution in [3.05, 3.63) is 48.3 Å². The molecule has 6 heteroatoms. The zero-order chi connectivity index (χ0) is 15.4. The fraction of sp³-hybridized carbons (Fsp3) is 0.438. The Labute approximate surface area is 129 Å². The van der Waals surface area contributed by atoms with E-state index in [0.29, 0.717) is 12.4 Å². The number of hydrogen-bond donors (Lipinski definition) is 1. The summed E-state index contributed by atoms with van der Waals surface area (Å²) in [5, 5.41) is 3.41. The van der Waals surface area contributed by atoms with E-state index in [9.17, 15) is 4.39 Å². The van der Waals surface area contributed by atoms with E-state index >= 15 is 0 Å². The molecule has 2 heterocycles. The van der Waals surface area contributed by atoms with Crippen LogP contribution in [-0.2, 0) is 7.05 Å². The van der Waals surface area contributed by atoms with Gasteiger partial charge in [-0.05, 0) is 12.1 Å². The first-order valence-electron chi connectivity index (χ1n) is 7.54. The van der Waals surface area contributed by atoms with Gasteiger partial charge in [-0.1, -0.05) is 6.07 Å². The van der Waals surface area contributed by atoms with Crippen LogP contribution >= 0.6 is 0 Å². The third kappa shape index (κ3) is 3.45. The summed E-state index contributed by atoms with van der Waals surface area (Å²) in [4.78, 5) is 6.82. The number of aromatic nitrogens is 2. The van der Waals surface area contributed by atoms with Crippen molar-refractivity contribution >= 4 is 0 Å². The van der Waals surface area contributed by atoms with Crippen LogP contribution in [0.2, 0.25) is 0 Å². The number of ether oxygens (including phenoxy) is 1. The van der Waals surface area contributed by atoms with Crippen LogP contribution in [0.3, 0.4) is 0 Å². The first-order chi connectivity index (χ1) is 10.7. The van der Waals surface area contributed by atoms with Crippen molar-refractivity contribution in [2.45, 2.75) is 6.04 Å². The number of halogens is 1. The Morgan fingerprint density at radius 3 is 3.14 bits per heavy atom. The zero-order valence-corrected chi connectivity index (χ0v) is 12.7. The Morgan fingerprint density at radius 2 is 2.36 bits per heavy atom. The van der Waals surface area contributed by atoms with Gasteiger partial charge in [0.05, 0.1) is 6.04 Å². The molecule has 0 radical (unpaired) electrons. The number of imidazole rings is 1. The standard InChI is InChI=1S/C16H21FN4O/c1-20-7-6-19-16(20)15-12-18-5-8-21(15)9-10-22-14-4-2-3-13(17)11-14/h2-4,6-7,11,15,18H,5,8-10,12H2,1H3. The topological polar surface area (TPSA) is 42.3 Å². The fourth-order valence-corrected chi connectivity index (χ4v) is 2.80. The van der Waals surface area contributed by atoms with Crippen molar-refractivity contribution < 1.29 is 9.13 Å². The summed E-state index contributed by atoms with van der Waals surface area (Å²) in [7, 11) is 2.01. The van der Waals surface area contributed by atoms with Crippen LogP contribution in [0.1, 0.15) is 11.9 Å². The van der Waals surface area contributed by atoms with E-state index in [1.807, 2.05) is 19.4 Å². The summed E-state index contributed by atoms with van der Waals surface area (Å²) in [6.45, 7) is 4.11. The molecule has 1 aliphatic rings. The van der Waals surface area contributed by atoms with Crippen molar-refractivity contribution in [2.24, 2.45) is 7.05 Å². The highest BCUT2D eigenvalue weighted by atomic mass is 19.1. The monoisotopic (exact) mass is 304 g/mol. The molecule has 0 amide bonds. The van der Waals surface area contributed by atoms with E-state index in [1.54, 1.807) is 12.1 Å². The van der Waals surface area contributed by atoms with Crippen molar-refractivity contribution in [3.63, 3.8) is 0 Å². The normalized spacial score (nSPS) is 19.3. The minimum Gasteiger partial charge on any atom is -0.492 e. The molecule has 1 saturated heterocycles. The molecule has 0 spiro atoms. The van der Waals surface area contributed by atoms with Gasteiger partial charge in [-0.15, -0.1) is 0 Å². The Bertz CT molecular complexity index is 616. The number of rotatable bonds is 5. The SMILES string of the molecule is Cn1ccnc1C1CNCCN1CCOc1cccc(F)c1. The van der Waals surface area contributed by atoms with Crippen LogP contribution in [0.4, 0.5) is 4.39 Å². The average molecular weight is 304 g/mol. The van der Waals surface area contributed by atoms with Crippen LogP contribution in [-0.4, -0.2) is 47.2 Å². The molecule has 2 aromatic rings. The predicted molar refractivity (Wildman–Crippen MR) is 82.3 cm³/mol. The molecule has 0 saturated carbocycles. The lowest BCUT2D eigenvalue weighted by atomic mass is 10.2. The van der Waals surface area contributed by atoms with Gasteiger partial charge in [0.25, 0.3) is 0 Å². The van der Waals surface area contributed by atoms with Gasteiger partial charge in [-0.3, -0.25) is 4.90 Å². The fourth-order valence-electron chi connectivity index (χ4n) is 2.80. The first-order valence-corrected chi connectivity index (χ1v) is 7.54. The lowest BCUT2D eigenvalue weighted by Gasteiger charge is -2.35. The van der Waals surface area contributed by atoms with E-state index < -0.39 is 0 Å². The molecular formula is C16H21FN4O. The van der Waals surface area contributed by atoms with Gasteiger partial charge < -0.3 is 14.6 Å². The highest BCUT2D eigenvalue weighted by molar-refractivity contribution is 5.22. The number of nitrogens with one attached hydrogen (secondary N) is 1. The Morgan fingerprint density at radius 1 is 1.45 bits per heavy atom. The van der Waals surface area contributed by atoms with E-state index in [2.05, 4.69) is 19.8 Å². The number of nitrogens with zero attached hydrogens (tertiary/aromatic N) is 3. The molecule has 1 unspecified atom stereocenters. The summed E-state index contributed by atoms with van der Waals surface area (Å²) in [5.41, 5.74) is 0. The molecule has 1 atom stereocenters. The van der Waals surface area contributed by atoms with E-state index in [1.165, 1.54) is 12.1 Å². The molecule has 1 aromatic heterocycles. The van der Waals surface area contributed by atoms with Crippen molar-refractivity contribution in [1.82, 2.24) is 19.8 Å². The minimum atomic E-state index is -0.273. The number of aryl methyl sites for hydroxylation is 1. The van der Waals surface area contributed by atoms with Crippen LogP contribution in [0.25, 0.3) is 0 Å². The number of piperazine rings is 1. The smallest absolute Gasteiger partial charge is 0.127 e. The summed E-state index contributed by atoms with van der Waals surface area (Å²) >= 11 is 0. The van der Waals surface area contributed by atoms with Crippen molar-refractivity contribution in [2.75, 3.05) is 32.8 Å². The lowest BCUT2D eigenvalue weighted by molar-refractivity contribution is 0.127. The summed E-state index contributed by atoms with van der Waals surface area (Å²) in [5.74, 6) is 1.35. The summed E-state index contributed by atoms with van der Waals surface area (Å²) in [6.07, 6.45) is 3.79. The number of hydrogen-bond acceptors (Lipinski definition) is 4. The minimum absolute atomic E-state index is 0.241. The summed E-state index contributed by atoms with van der Waals surface area (Å²) < 4.78 is 20.8. The van der Waals surface area contributed by atoms with Gasteiger partial charge in [0, 0.05) is 51.7 Å². The molecular weight excluding hydrogens is 283 g/mol. The third-order valence-corrected chi connectivity index (χ3v) is 3.95. The summed E-state index contributed by atoms with van der Waals surface area (Å²) in [6, 6.07) is 6.50. The van der Waals surface area contributed by atoms with Gasteiger partial charge >= 0.3 is 0 Å². The predicted octanol–water partition coefficient (Wildman–Crippen LogP) is 1.58. The zero-order valence-electron chi connectivity index (χ0n) is 12.7. The largest absolute Gasteiger partial charge is 0.492 e. The van der Waals surface area contributed by atoms with Gasteiger partial charge in [-0.2, -0.15) is 0 Å². The third-order valence-electron chi connectivity index (χ3n) is 3.95. The van der Waals surface area contributed by atoms with Gasteiger partial charge in [0.15, 0.2) is 0 Å². The Balaban J connectivity index is 1.59. The molecule has 1 aliphatic heterocycles. The quantitative estimate of drug-likeness (QED) is 0.911. The highest BCUT2D eigenvalue weighted by Crippen LogP contribution is 2.20. The van der Waals surface area contributed by atoms with Crippen LogP contribution < -0.4 is 10.1 Å². The highest BCUT2D eigenvalue weighted by Gasteiger charge is 2.26. The van der Waals surface area contributed by atoms with E-state index in [4.69, 9.17) is 4.74 Å². The average Bonchev–Trinajstić information content (AvgIpc) is 2.94. The van der Waals surface area contributed by atoms with Gasteiger partial charge in [0.1, 0.15) is 24.0 Å². The van der Waals surface area contributed by atoms with Crippen molar-refractivity contribution in [3.8, 4) is 5.75 Å². The second-order valence-electron chi connectivity index (χ2n) is 5.46. The Hall–Kier alpha value is -1.92. The molecule has 22 heavy (non-hydrogen) atoms. The maximum absolute atomic E-state index is 13.1. The van der Waals surface area contributed by atoms with Crippen molar-refractivity contribution in [1.29, 1.82) is 0 Å². The van der Waals surface area contributed by atoms with Gasteiger partial charge in [0.2, 0.25) is 0 Å². The second kappa shape index (κ2) is 6.89. The molecule has 0 bridgehead atoms. The van der Waals surface area contributed by atoms with Gasteiger partial charge in [-0.25, -0.2) is 9.37 Å². The maximum atomic E-state index is 13.1. The molecule has 0 aliphatic carbocycles. The first kappa shape index (κ1) is 15.0. The second-order valence-corrected chi connectivity index (χ2v) is 5.46. The van der Waals surface area contributed by atoms with E-state index in [0.717, 1.165) is 32.0 Å².